The number of halogens is 4. The minimum atomic E-state index is -4.51. The van der Waals surface area contributed by atoms with Crippen molar-refractivity contribution >= 4 is 40.3 Å². The summed E-state index contributed by atoms with van der Waals surface area (Å²) >= 11 is 7.19. The van der Waals surface area contributed by atoms with Crippen molar-refractivity contribution in [2.24, 2.45) is 0 Å². The third-order valence-corrected chi connectivity index (χ3v) is 7.13. The number of hydrogen-bond donors (Lipinski definition) is 0. The van der Waals surface area contributed by atoms with Crippen LogP contribution in [0.2, 0.25) is 5.02 Å². The van der Waals surface area contributed by atoms with Crippen molar-refractivity contribution < 1.29 is 15.9 Å². The molecule has 4 nitrogen and oxygen atoms in total. The maximum absolute atomic E-state index is 13.5. The summed E-state index contributed by atoms with van der Waals surface area (Å²) < 4.78 is 59.2. The molecule has 3 atom stereocenters. The number of rotatable bonds is 4. The summed E-state index contributed by atoms with van der Waals surface area (Å²) in [7, 11) is 2.06. The zero-order chi connectivity index (χ0) is 24.9. The first-order valence-corrected chi connectivity index (χ1v) is 11.9. The summed E-state index contributed by atoms with van der Waals surface area (Å²) in [5.74, 6) is -0.506. The van der Waals surface area contributed by atoms with Gasteiger partial charge in [-0.15, -0.1) is 11.8 Å². The van der Waals surface area contributed by atoms with Crippen LogP contribution in [0.25, 0.3) is 17.0 Å². The molecule has 9 heteroatoms. The summed E-state index contributed by atoms with van der Waals surface area (Å²) in [6.07, 6.45) is 0.0183. The van der Waals surface area contributed by atoms with Gasteiger partial charge in [-0.3, -0.25) is 9.58 Å². The Morgan fingerprint density at radius 1 is 1.27 bits per heavy atom. The molecule has 0 radical (unpaired) electrons. The first kappa shape index (κ1) is 20.4. The van der Waals surface area contributed by atoms with Crippen molar-refractivity contribution in [3.05, 3.63) is 69.2 Å². The molecule has 2 unspecified atom stereocenters. The van der Waals surface area contributed by atoms with Gasteiger partial charge >= 0.3 is 6.18 Å². The zero-order valence-corrected chi connectivity index (χ0v) is 19.5. The summed E-state index contributed by atoms with van der Waals surface area (Å²) in [4.78, 5) is 5.01. The van der Waals surface area contributed by atoms with E-state index in [0.717, 1.165) is 41.4 Å². The standard InChI is InChI=1S/C24H24ClF3N4S/c1-30-7-6-20(13-30)31-14-21(33-15-31)9-16-2-5-23-18(8-16)11-29-32(23)12-17-3-4-19(25)10-22(17)24(26,27)28/h2-5,8-11,20H,6-7,12-15H2,1H3/b21-9-/t20-/m1/s1/i14D,15D/t14?,15?,20-. The van der Waals surface area contributed by atoms with Gasteiger partial charge in [-0.1, -0.05) is 23.7 Å². The van der Waals surface area contributed by atoms with Gasteiger partial charge in [0.05, 0.1) is 25.2 Å². The minimum absolute atomic E-state index is 0.0358. The smallest absolute Gasteiger partial charge is 0.305 e. The van der Waals surface area contributed by atoms with Crippen LogP contribution in [0.4, 0.5) is 13.2 Å². The van der Waals surface area contributed by atoms with Crippen molar-refractivity contribution in [3.8, 4) is 0 Å². The van der Waals surface area contributed by atoms with Gasteiger partial charge < -0.3 is 4.90 Å². The number of likely N-dealkylation sites (N-methyl/N-ethyl adjacent to an activating group) is 1. The zero-order valence-electron chi connectivity index (χ0n) is 19.9. The molecule has 0 spiro atoms. The van der Waals surface area contributed by atoms with Gasteiger partial charge in [-0.25, -0.2) is 0 Å². The second-order valence-electron chi connectivity index (χ2n) is 8.47. The Hall–Kier alpha value is -2.00. The quantitative estimate of drug-likeness (QED) is 0.457. The molecule has 2 fully saturated rings. The number of aromatic nitrogens is 2. The van der Waals surface area contributed by atoms with Gasteiger partial charge in [0.25, 0.3) is 0 Å². The molecule has 2 aliphatic rings. The third-order valence-electron chi connectivity index (χ3n) is 6.05. The van der Waals surface area contributed by atoms with Crippen molar-refractivity contribution in [3.63, 3.8) is 0 Å². The number of benzene rings is 2. The van der Waals surface area contributed by atoms with Crippen LogP contribution in [0.15, 0.2) is 47.5 Å². The van der Waals surface area contributed by atoms with Gasteiger partial charge in [-0.05, 0) is 61.5 Å². The largest absolute Gasteiger partial charge is 0.416 e. The first-order chi connectivity index (χ1) is 16.6. The van der Waals surface area contributed by atoms with Crippen LogP contribution in [0.5, 0.6) is 0 Å². The predicted octanol–water partition coefficient (Wildman–Crippen LogP) is 5.81. The number of nitrogens with zero attached hydrogens (tertiary/aromatic N) is 4. The van der Waals surface area contributed by atoms with Crippen molar-refractivity contribution in [2.75, 3.05) is 32.5 Å². The van der Waals surface area contributed by atoms with E-state index in [1.165, 1.54) is 23.9 Å². The molecule has 3 aromatic rings. The van der Waals surface area contributed by atoms with Crippen LogP contribution in [-0.2, 0) is 12.7 Å². The summed E-state index contributed by atoms with van der Waals surface area (Å²) in [5, 5.41) is 5.15. The molecule has 0 aliphatic carbocycles. The van der Waals surface area contributed by atoms with Crippen molar-refractivity contribution in [1.29, 1.82) is 0 Å². The Balaban J connectivity index is 1.39. The Morgan fingerprint density at radius 3 is 2.88 bits per heavy atom. The number of fused-ring (bicyclic) bond motifs is 1. The molecule has 2 saturated heterocycles. The van der Waals surface area contributed by atoms with E-state index in [-0.39, 0.29) is 23.2 Å². The molecule has 3 heterocycles. The number of alkyl halides is 3. The van der Waals surface area contributed by atoms with E-state index < -0.39 is 24.1 Å². The lowest BCUT2D eigenvalue weighted by molar-refractivity contribution is -0.138. The molecule has 0 N–H and O–H groups in total. The summed E-state index contributed by atoms with van der Waals surface area (Å²) in [6, 6.07) is 9.60. The Labute approximate surface area is 202 Å². The minimum Gasteiger partial charge on any atom is -0.305 e. The summed E-state index contributed by atoms with van der Waals surface area (Å²) in [6.45, 7) is 1.23. The number of hydrogen-bond acceptors (Lipinski definition) is 4. The second-order valence-corrected chi connectivity index (χ2v) is 9.83. The lowest BCUT2D eigenvalue weighted by atomic mass is 10.1. The molecule has 2 aliphatic heterocycles. The second kappa shape index (κ2) is 8.98. The molecule has 1 aromatic heterocycles. The van der Waals surface area contributed by atoms with Crippen molar-refractivity contribution in [2.45, 2.75) is 25.2 Å². The van der Waals surface area contributed by atoms with Crippen LogP contribution in [-0.4, -0.2) is 58.1 Å². The van der Waals surface area contributed by atoms with Crippen LogP contribution >= 0.6 is 23.4 Å². The van der Waals surface area contributed by atoms with Gasteiger partial charge in [0.2, 0.25) is 0 Å². The number of thioether (sulfide) groups is 1. The lowest BCUT2D eigenvalue weighted by Crippen LogP contribution is -2.34. The van der Waals surface area contributed by atoms with Crippen LogP contribution in [0, 0.1) is 0 Å². The van der Waals surface area contributed by atoms with Gasteiger partial charge in [0, 0.05) is 41.6 Å². The van der Waals surface area contributed by atoms with Crippen molar-refractivity contribution in [1.82, 2.24) is 19.6 Å². The van der Waals surface area contributed by atoms with Crippen LogP contribution < -0.4 is 0 Å². The molecule has 5 rings (SSSR count). The maximum atomic E-state index is 13.5. The third kappa shape index (κ3) is 4.94. The normalized spacial score (nSPS) is 26.9. The monoisotopic (exact) mass is 494 g/mol. The molecule has 174 valence electrons. The van der Waals surface area contributed by atoms with E-state index >= 15 is 0 Å². The molecule has 33 heavy (non-hydrogen) atoms. The van der Waals surface area contributed by atoms with Gasteiger partial charge in [-0.2, -0.15) is 18.3 Å². The van der Waals surface area contributed by atoms with E-state index in [0.29, 0.717) is 5.52 Å². The van der Waals surface area contributed by atoms with Crippen LogP contribution in [0.3, 0.4) is 0 Å². The van der Waals surface area contributed by atoms with E-state index in [4.69, 9.17) is 14.3 Å². The maximum Gasteiger partial charge on any atom is 0.416 e. The highest BCUT2D eigenvalue weighted by Gasteiger charge is 2.34. The van der Waals surface area contributed by atoms with Gasteiger partial charge in [0.1, 0.15) is 0 Å². The van der Waals surface area contributed by atoms with E-state index in [9.17, 15) is 13.2 Å². The molecule has 0 saturated carbocycles. The fourth-order valence-electron chi connectivity index (χ4n) is 4.34. The average Bonchev–Trinajstić information content (AvgIpc) is 3.46. The van der Waals surface area contributed by atoms with Gasteiger partial charge in [0.15, 0.2) is 0 Å². The first-order valence-electron chi connectivity index (χ1n) is 11.8. The lowest BCUT2D eigenvalue weighted by Gasteiger charge is -2.21. The molecule has 0 amide bonds. The molecular formula is C24H24ClF3N4S. The molecule has 2 aromatic carbocycles. The van der Waals surface area contributed by atoms with E-state index in [2.05, 4.69) is 17.0 Å². The molecule has 0 bridgehead atoms. The van der Waals surface area contributed by atoms with E-state index in [1.807, 2.05) is 29.2 Å². The Morgan fingerprint density at radius 2 is 2.12 bits per heavy atom. The predicted molar refractivity (Wildman–Crippen MR) is 128 cm³/mol. The van der Waals surface area contributed by atoms with Crippen LogP contribution in [0.1, 0.15) is 25.9 Å². The highest BCUT2D eigenvalue weighted by Crippen LogP contribution is 2.35. The number of likely N-dealkylation sites (tertiary alicyclic amines) is 1. The summed E-state index contributed by atoms with van der Waals surface area (Å²) in [5.41, 5.74) is 0.914. The fourth-order valence-corrected chi connectivity index (χ4v) is 5.38. The average molecular weight is 495 g/mol. The highest BCUT2D eigenvalue weighted by atomic mass is 35.5. The fraction of sp³-hybridized carbons (Fsp3) is 0.375. The Bertz CT molecular complexity index is 1280. The highest BCUT2D eigenvalue weighted by molar-refractivity contribution is 8.03. The van der Waals surface area contributed by atoms with E-state index in [1.54, 1.807) is 10.9 Å². The topological polar surface area (TPSA) is 24.3 Å². The SMILES string of the molecule is [2H]C1S/C(=C\c2ccc3c(cnn3Cc3ccc(Cl)cc3C(F)(F)F)c2)C([2H])N1[C@@H]1CCN(C)C1. The Kier molecular flexibility index (Phi) is 5.55. The molecular weight excluding hydrogens is 469 g/mol.